The molecule has 0 spiro atoms. The van der Waals surface area contributed by atoms with Gasteiger partial charge in [0, 0.05) is 12.5 Å². The van der Waals surface area contributed by atoms with Crippen LogP contribution in [0.1, 0.15) is 0 Å². The Hall–Kier alpha value is -1.43. The van der Waals surface area contributed by atoms with E-state index in [-0.39, 0.29) is 4.90 Å². The van der Waals surface area contributed by atoms with Crippen molar-refractivity contribution < 1.29 is 8.42 Å². The number of pyridine rings is 1. The Bertz CT molecular complexity index is 544. The molecule has 0 atom stereocenters. The zero-order valence-corrected chi connectivity index (χ0v) is 7.67. The monoisotopic (exact) mass is 197 g/mol. The SMILES string of the molecule is CS(=O)(=O)c1cnc2nc[nH]c2c1. The molecule has 13 heavy (non-hydrogen) atoms. The molecular formula is C7H7N3O2S. The van der Waals surface area contributed by atoms with Gasteiger partial charge in [-0.15, -0.1) is 0 Å². The Morgan fingerprint density at radius 3 is 2.85 bits per heavy atom. The molecule has 5 nitrogen and oxygen atoms in total. The number of H-pyrrole nitrogens is 1. The summed E-state index contributed by atoms with van der Waals surface area (Å²) in [6, 6.07) is 1.52. The number of sulfone groups is 1. The van der Waals surface area contributed by atoms with E-state index in [4.69, 9.17) is 0 Å². The van der Waals surface area contributed by atoms with Crippen LogP contribution in [-0.4, -0.2) is 29.6 Å². The normalized spacial score (nSPS) is 12.1. The fraction of sp³-hybridized carbons (Fsp3) is 0.143. The van der Waals surface area contributed by atoms with Crippen LogP contribution in [0.5, 0.6) is 0 Å². The first-order valence-corrected chi connectivity index (χ1v) is 5.46. The van der Waals surface area contributed by atoms with Crippen molar-refractivity contribution in [1.29, 1.82) is 0 Å². The number of hydrogen-bond donors (Lipinski definition) is 1. The third-order valence-corrected chi connectivity index (χ3v) is 2.76. The summed E-state index contributed by atoms with van der Waals surface area (Å²) in [7, 11) is -3.18. The number of rotatable bonds is 1. The van der Waals surface area contributed by atoms with Crippen molar-refractivity contribution in [3.05, 3.63) is 18.6 Å². The summed E-state index contributed by atoms with van der Waals surface area (Å²) >= 11 is 0. The quantitative estimate of drug-likeness (QED) is 0.716. The van der Waals surface area contributed by atoms with Gasteiger partial charge in [-0.25, -0.2) is 18.4 Å². The molecule has 0 saturated carbocycles. The van der Waals surface area contributed by atoms with Crippen LogP contribution >= 0.6 is 0 Å². The van der Waals surface area contributed by atoms with Crippen LogP contribution in [-0.2, 0) is 9.84 Å². The number of fused-ring (bicyclic) bond motifs is 1. The molecule has 0 aliphatic heterocycles. The Labute approximate surface area is 74.8 Å². The largest absolute Gasteiger partial charge is 0.343 e. The van der Waals surface area contributed by atoms with Gasteiger partial charge in [0.25, 0.3) is 0 Å². The number of aromatic amines is 1. The zero-order chi connectivity index (χ0) is 9.47. The molecule has 0 saturated heterocycles. The lowest BCUT2D eigenvalue weighted by Crippen LogP contribution is -1.97. The Morgan fingerprint density at radius 1 is 1.38 bits per heavy atom. The van der Waals surface area contributed by atoms with Crippen molar-refractivity contribution in [1.82, 2.24) is 15.0 Å². The van der Waals surface area contributed by atoms with E-state index in [0.29, 0.717) is 11.2 Å². The van der Waals surface area contributed by atoms with Crippen molar-refractivity contribution in [2.45, 2.75) is 4.90 Å². The third kappa shape index (κ3) is 1.40. The summed E-state index contributed by atoms with van der Waals surface area (Å²) in [6.07, 6.45) is 3.93. The Kier molecular flexibility index (Phi) is 1.59. The maximum Gasteiger partial charge on any atom is 0.177 e. The molecule has 6 heteroatoms. The minimum absolute atomic E-state index is 0.198. The highest BCUT2D eigenvalue weighted by Gasteiger charge is 2.08. The molecule has 2 aromatic heterocycles. The lowest BCUT2D eigenvalue weighted by Gasteiger charge is -1.95. The first kappa shape index (κ1) is 8.18. The second kappa shape index (κ2) is 2.53. The van der Waals surface area contributed by atoms with Gasteiger partial charge in [-0.05, 0) is 6.07 Å². The van der Waals surface area contributed by atoms with E-state index in [0.717, 1.165) is 6.26 Å². The number of imidazole rings is 1. The molecular weight excluding hydrogens is 190 g/mol. The summed E-state index contributed by atoms with van der Waals surface area (Å²) in [5.74, 6) is 0. The van der Waals surface area contributed by atoms with Gasteiger partial charge < -0.3 is 4.98 Å². The molecule has 0 fully saturated rings. The summed E-state index contributed by atoms with van der Waals surface area (Å²) in [5, 5.41) is 0. The standard InChI is InChI=1S/C7H7N3O2S/c1-13(11,12)5-2-6-7(8-3-5)10-4-9-6/h2-4H,1H3,(H,8,9,10). The highest BCUT2D eigenvalue weighted by molar-refractivity contribution is 7.90. The molecule has 0 radical (unpaired) electrons. The average molecular weight is 197 g/mol. The van der Waals surface area contributed by atoms with Gasteiger partial charge in [-0.3, -0.25) is 0 Å². The Balaban J connectivity index is 2.75. The first-order chi connectivity index (χ1) is 6.07. The van der Waals surface area contributed by atoms with Crippen molar-refractivity contribution in [3.63, 3.8) is 0 Å². The van der Waals surface area contributed by atoms with Crippen LogP contribution in [0, 0.1) is 0 Å². The second-order valence-electron chi connectivity index (χ2n) is 2.72. The average Bonchev–Trinajstić information content (AvgIpc) is 2.47. The van der Waals surface area contributed by atoms with Crippen LogP contribution in [0.25, 0.3) is 11.2 Å². The van der Waals surface area contributed by atoms with Gasteiger partial charge in [0.1, 0.15) is 0 Å². The van der Waals surface area contributed by atoms with Crippen LogP contribution in [0.3, 0.4) is 0 Å². The van der Waals surface area contributed by atoms with E-state index in [1.165, 1.54) is 18.6 Å². The maximum atomic E-state index is 11.1. The van der Waals surface area contributed by atoms with Crippen molar-refractivity contribution in [2.24, 2.45) is 0 Å². The lowest BCUT2D eigenvalue weighted by molar-refractivity contribution is 0.601. The van der Waals surface area contributed by atoms with Crippen LogP contribution in [0.15, 0.2) is 23.5 Å². The van der Waals surface area contributed by atoms with Crippen molar-refractivity contribution in [3.8, 4) is 0 Å². The minimum Gasteiger partial charge on any atom is -0.343 e. The van der Waals surface area contributed by atoms with Gasteiger partial charge in [0.2, 0.25) is 0 Å². The molecule has 0 bridgehead atoms. The zero-order valence-electron chi connectivity index (χ0n) is 6.85. The molecule has 68 valence electrons. The highest BCUT2D eigenvalue weighted by atomic mass is 32.2. The number of nitrogens with zero attached hydrogens (tertiary/aromatic N) is 2. The molecule has 0 amide bonds. The molecule has 0 unspecified atom stereocenters. The fourth-order valence-corrected chi connectivity index (χ4v) is 1.59. The van der Waals surface area contributed by atoms with Gasteiger partial charge in [-0.1, -0.05) is 0 Å². The van der Waals surface area contributed by atoms with Gasteiger partial charge in [0.05, 0.1) is 16.7 Å². The molecule has 2 rings (SSSR count). The predicted molar refractivity (Wildman–Crippen MR) is 47.0 cm³/mol. The minimum atomic E-state index is -3.18. The predicted octanol–water partition coefficient (Wildman–Crippen LogP) is 0.361. The number of nitrogens with one attached hydrogen (secondary N) is 1. The molecule has 2 heterocycles. The molecule has 1 N–H and O–H groups in total. The van der Waals surface area contributed by atoms with Crippen LogP contribution in [0.2, 0.25) is 0 Å². The fourth-order valence-electron chi connectivity index (χ4n) is 1.01. The van der Waals surface area contributed by atoms with Crippen molar-refractivity contribution >= 4 is 21.0 Å². The smallest absolute Gasteiger partial charge is 0.177 e. The topological polar surface area (TPSA) is 75.7 Å². The second-order valence-corrected chi connectivity index (χ2v) is 4.73. The number of aromatic nitrogens is 3. The number of hydrogen-bond acceptors (Lipinski definition) is 4. The van der Waals surface area contributed by atoms with Gasteiger partial charge in [-0.2, -0.15) is 0 Å². The Morgan fingerprint density at radius 2 is 2.15 bits per heavy atom. The summed E-state index contributed by atoms with van der Waals surface area (Å²) < 4.78 is 22.2. The third-order valence-electron chi connectivity index (χ3n) is 1.68. The van der Waals surface area contributed by atoms with E-state index >= 15 is 0 Å². The van der Waals surface area contributed by atoms with E-state index in [2.05, 4.69) is 15.0 Å². The van der Waals surface area contributed by atoms with Crippen LogP contribution < -0.4 is 0 Å². The van der Waals surface area contributed by atoms with Crippen molar-refractivity contribution in [2.75, 3.05) is 6.26 Å². The van der Waals surface area contributed by atoms with E-state index in [9.17, 15) is 8.42 Å². The highest BCUT2D eigenvalue weighted by Crippen LogP contribution is 2.12. The van der Waals surface area contributed by atoms with E-state index in [1.807, 2.05) is 0 Å². The molecule has 0 aliphatic carbocycles. The first-order valence-electron chi connectivity index (χ1n) is 3.56. The summed E-state index contributed by atoms with van der Waals surface area (Å²) in [6.45, 7) is 0. The van der Waals surface area contributed by atoms with E-state index in [1.54, 1.807) is 0 Å². The molecule has 2 aromatic rings. The van der Waals surface area contributed by atoms with Gasteiger partial charge in [0.15, 0.2) is 15.5 Å². The van der Waals surface area contributed by atoms with Crippen LogP contribution in [0.4, 0.5) is 0 Å². The maximum absolute atomic E-state index is 11.1. The lowest BCUT2D eigenvalue weighted by atomic mass is 10.4. The van der Waals surface area contributed by atoms with E-state index < -0.39 is 9.84 Å². The summed E-state index contributed by atoms with van der Waals surface area (Å²) in [5.41, 5.74) is 1.15. The molecule has 0 aliphatic rings. The summed E-state index contributed by atoms with van der Waals surface area (Å²) in [4.78, 5) is 10.8. The van der Waals surface area contributed by atoms with Gasteiger partial charge >= 0.3 is 0 Å². The molecule has 0 aromatic carbocycles.